The molecule has 24 heavy (non-hydrogen) atoms. The second-order valence-electron chi connectivity index (χ2n) is 8.17. The molecule has 2 aliphatic rings. The van der Waals surface area contributed by atoms with Gasteiger partial charge in [-0.05, 0) is 42.2 Å². The Hall–Kier alpha value is -1.68. The van der Waals surface area contributed by atoms with Crippen molar-refractivity contribution in [2.24, 2.45) is 11.3 Å². The molecule has 130 valence electrons. The van der Waals surface area contributed by atoms with Crippen LogP contribution in [-0.2, 0) is 4.79 Å². The van der Waals surface area contributed by atoms with E-state index in [4.69, 9.17) is 0 Å². The first-order valence-electron chi connectivity index (χ1n) is 8.71. The van der Waals surface area contributed by atoms with E-state index in [1.165, 1.54) is 0 Å². The molecule has 3 atom stereocenters. The summed E-state index contributed by atoms with van der Waals surface area (Å²) in [5.41, 5.74) is 1.64. The van der Waals surface area contributed by atoms with E-state index in [9.17, 15) is 9.18 Å². The zero-order valence-electron chi connectivity index (χ0n) is 14.9. The monoisotopic (exact) mass is 330 g/mol. The van der Waals surface area contributed by atoms with Gasteiger partial charge in [0.15, 0.2) is 0 Å². The number of halogens is 1. The number of carbonyl (C=O) groups is 1. The van der Waals surface area contributed by atoms with Gasteiger partial charge in [0.25, 0.3) is 0 Å². The van der Waals surface area contributed by atoms with Gasteiger partial charge < -0.3 is 5.32 Å². The molecule has 3 nitrogen and oxygen atoms in total. The number of allylic oxidation sites excluding steroid dienone is 1. The zero-order valence-corrected chi connectivity index (χ0v) is 14.9. The van der Waals surface area contributed by atoms with E-state index in [2.05, 4.69) is 31.4 Å². The van der Waals surface area contributed by atoms with E-state index < -0.39 is 0 Å². The van der Waals surface area contributed by atoms with E-state index in [-0.39, 0.29) is 35.3 Å². The normalized spacial score (nSPS) is 29.7. The van der Waals surface area contributed by atoms with Crippen molar-refractivity contribution in [1.82, 2.24) is 10.6 Å². The Labute approximate surface area is 143 Å². The molecule has 2 N–H and O–H groups in total. The predicted octanol–water partition coefficient (Wildman–Crippen LogP) is 3.67. The lowest BCUT2D eigenvalue weighted by Gasteiger charge is -2.31. The Morgan fingerprint density at radius 2 is 2.00 bits per heavy atom. The van der Waals surface area contributed by atoms with Crippen LogP contribution in [0.3, 0.4) is 0 Å². The van der Waals surface area contributed by atoms with Crippen molar-refractivity contribution in [3.8, 4) is 0 Å². The fourth-order valence-corrected chi connectivity index (χ4v) is 4.02. The molecule has 2 fully saturated rings. The molecule has 0 aromatic heterocycles. The van der Waals surface area contributed by atoms with Crippen LogP contribution in [0, 0.1) is 11.3 Å². The van der Waals surface area contributed by atoms with Gasteiger partial charge in [-0.3, -0.25) is 10.1 Å². The highest BCUT2D eigenvalue weighted by atomic mass is 19.1. The number of hydrogen-bond acceptors (Lipinski definition) is 2. The van der Waals surface area contributed by atoms with Gasteiger partial charge >= 0.3 is 0 Å². The quantitative estimate of drug-likeness (QED) is 0.884. The van der Waals surface area contributed by atoms with Crippen molar-refractivity contribution in [1.29, 1.82) is 0 Å². The third kappa shape index (κ3) is 3.00. The van der Waals surface area contributed by atoms with Crippen molar-refractivity contribution >= 4 is 11.5 Å². The molecule has 1 saturated heterocycles. The summed E-state index contributed by atoms with van der Waals surface area (Å²) in [7, 11) is 0. The maximum absolute atomic E-state index is 14.3. The fourth-order valence-electron chi connectivity index (χ4n) is 4.02. The number of carbonyl (C=O) groups excluding carboxylic acids is 1. The Kier molecular flexibility index (Phi) is 4.28. The van der Waals surface area contributed by atoms with Crippen LogP contribution in [0.5, 0.6) is 0 Å². The molecule has 1 aromatic rings. The average molecular weight is 330 g/mol. The molecule has 1 heterocycles. The Balaban J connectivity index is 1.57. The van der Waals surface area contributed by atoms with Crippen LogP contribution in [0.1, 0.15) is 46.1 Å². The number of amides is 1. The lowest BCUT2D eigenvalue weighted by molar-refractivity contribution is -0.123. The van der Waals surface area contributed by atoms with E-state index in [1.807, 2.05) is 30.3 Å². The van der Waals surface area contributed by atoms with Gasteiger partial charge in [-0.1, -0.05) is 51.1 Å². The number of benzene rings is 1. The van der Waals surface area contributed by atoms with Gasteiger partial charge in [-0.2, -0.15) is 0 Å². The van der Waals surface area contributed by atoms with Crippen molar-refractivity contribution in [3.63, 3.8) is 0 Å². The summed E-state index contributed by atoms with van der Waals surface area (Å²) >= 11 is 0. The Morgan fingerprint density at radius 3 is 2.58 bits per heavy atom. The number of nitrogens with one attached hydrogen (secondary N) is 2. The first-order valence-corrected chi connectivity index (χ1v) is 8.71. The first kappa shape index (κ1) is 17.2. The van der Waals surface area contributed by atoms with Crippen molar-refractivity contribution < 1.29 is 9.18 Å². The minimum Gasteiger partial charge on any atom is -0.348 e. The second-order valence-corrected chi connectivity index (χ2v) is 8.17. The van der Waals surface area contributed by atoms with Crippen molar-refractivity contribution in [2.45, 2.75) is 52.1 Å². The molecule has 1 saturated carbocycles. The van der Waals surface area contributed by atoms with Gasteiger partial charge in [0, 0.05) is 5.54 Å². The summed E-state index contributed by atoms with van der Waals surface area (Å²) in [5, 5.41) is 6.27. The highest BCUT2D eigenvalue weighted by Gasteiger charge is 2.66. The molecule has 0 spiro atoms. The van der Waals surface area contributed by atoms with Crippen LogP contribution in [0.4, 0.5) is 4.39 Å². The maximum Gasteiger partial charge on any atom is 0.237 e. The third-order valence-corrected chi connectivity index (χ3v) is 5.74. The number of fused-ring (bicyclic) bond motifs is 1. The SMILES string of the molecule is C/C(=C(\F)CNC(=O)[C@@H]1C[C@@H]2C[C@@]2(C(C)(C)C)N1)c1ccccc1. The molecule has 1 aliphatic heterocycles. The predicted molar refractivity (Wildman–Crippen MR) is 95.0 cm³/mol. The van der Waals surface area contributed by atoms with E-state index in [1.54, 1.807) is 6.92 Å². The average Bonchev–Trinajstić information content (AvgIpc) is 3.14. The van der Waals surface area contributed by atoms with E-state index in [0.717, 1.165) is 18.4 Å². The van der Waals surface area contributed by atoms with Gasteiger partial charge in [-0.15, -0.1) is 0 Å². The third-order valence-electron chi connectivity index (χ3n) is 5.74. The standard InChI is InChI=1S/C20H27FN2O/c1-13(14-8-6-5-7-9-14)16(21)12-22-18(24)17-10-15-11-20(15,23-17)19(2,3)4/h5-9,15,17,23H,10-12H2,1-4H3,(H,22,24)/b16-13+/t15-,17+,20-/m1/s1. The minimum absolute atomic E-state index is 0.0507. The summed E-state index contributed by atoms with van der Waals surface area (Å²) < 4.78 is 14.3. The lowest BCUT2D eigenvalue weighted by atomic mass is 9.83. The number of piperidine rings is 1. The van der Waals surface area contributed by atoms with Gasteiger partial charge in [0.05, 0.1) is 12.6 Å². The summed E-state index contributed by atoms with van der Waals surface area (Å²) in [6.07, 6.45) is 1.99. The van der Waals surface area contributed by atoms with Crippen LogP contribution >= 0.6 is 0 Å². The summed E-state index contributed by atoms with van der Waals surface area (Å²) in [6, 6.07) is 9.20. The smallest absolute Gasteiger partial charge is 0.237 e. The van der Waals surface area contributed by atoms with Crippen LogP contribution in [0.25, 0.3) is 5.57 Å². The molecule has 0 radical (unpaired) electrons. The van der Waals surface area contributed by atoms with Crippen LogP contribution in [0.15, 0.2) is 36.2 Å². The topological polar surface area (TPSA) is 41.1 Å². The van der Waals surface area contributed by atoms with Gasteiger partial charge in [0.1, 0.15) is 5.83 Å². The van der Waals surface area contributed by atoms with Gasteiger partial charge in [-0.25, -0.2) is 4.39 Å². The Bertz CT molecular complexity index is 662. The summed E-state index contributed by atoms with van der Waals surface area (Å²) in [6.45, 7) is 8.34. The minimum atomic E-state index is -0.289. The van der Waals surface area contributed by atoms with Crippen molar-refractivity contribution in [2.75, 3.05) is 6.54 Å². The molecular weight excluding hydrogens is 303 g/mol. The van der Waals surface area contributed by atoms with Crippen LogP contribution in [-0.4, -0.2) is 24.0 Å². The van der Waals surface area contributed by atoms with E-state index >= 15 is 0 Å². The summed E-state index contributed by atoms with van der Waals surface area (Å²) in [5.74, 6) is 0.185. The lowest BCUT2D eigenvalue weighted by Crippen LogP contribution is -2.50. The first-order chi connectivity index (χ1) is 11.2. The molecule has 0 unspecified atom stereocenters. The van der Waals surface area contributed by atoms with Crippen LogP contribution in [0.2, 0.25) is 0 Å². The molecule has 4 heteroatoms. The highest BCUT2D eigenvalue weighted by molar-refractivity contribution is 5.83. The maximum atomic E-state index is 14.3. The molecule has 1 aliphatic carbocycles. The van der Waals surface area contributed by atoms with E-state index in [0.29, 0.717) is 11.5 Å². The second kappa shape index (κ2) is 5.99. The molecular formula is C20H27FN2O. The van der Waals surface area contributed by atoms with Gasteiger partial charge in [0.2, 0.25) is 5.91 Å². The highest BCUT2D eigenvalue weighted by Crippen LogP contribution is 2.60. The van der Waals surface area contributed by atoms with Crippen LogP contribution < -0.4 is 10.6 Å². The Morgan fingerprint density at radius 1 is 1.33 bits per heavy atom. The number of hydrogen-bond donors (Lipinski definition) is 2. The number of rotatable bonds is 4. The molecule has 3 rings (SSSR count). The molecule has 0 bridgehead atoms. The zero-order chi connectivity index (χ0) is 17.5. The molecule has 1 aromatic carbocycles. The summed E-state index contributed by atoms with van der Waals surface area (Å²) in [4.78, 5) is 12.4. The van der Waals surface area contributed by atoms with Crippen molar-refractivity contribution in [3.05, 3.63) is 41.7 Å². The fraction of sp³-hybridized carbons (Fsp3) is 0.550. The largest absolute Gasteiger partial charge is 0.348 e. The molecule has 1 amide bonds.